The molecule has 1 aromatic carbocycles. The number of imide groups is 1. The third-order valence-electron chi connectivity index (χ3n) is 3.05. The van der Waals surface area contributed by atoms with E-state index in [1.54, 1.807) is 51.1 Å². The molecular weight excluding hydrogens is 354 g/mol. The molecule has 0 aliphatic carbocycles. The minimum atomic E-state index is -1.29. The van der Waals surface area contributed by atoms with Crippen molar-refractivity contribution in [3.05, 3.63) is 35.9 Å². The predicted molar refractivity (Wildman–Crippen MR) is 96.7 cm³/mol. The highest BCUT2D eigenvalue weighted by molar-refractivity contribution is 5.97. The summed E-state index contributed by atoms with van der Waals surface area (Å²) in [7, 11) is 1.36. The Morgan fingerprint density at radius 1 is 1.07 bits per heavy atom. The van der Waals surface area contributed by atoms with Gasteiger partial charge in [-0.3, -0.25) is 14.9 Å². The molecule has 9 nitrogen and oxygen atoms in total. The van der Waals surface area contributed by atoms with Crippen LogP contribution in [-0.2, 0) is 19.1 Å². The number of amides is 4. The summed E-state index contributed by atoms with van der Waals surface area (Å²) in [5.74, 6) is -1.50. The van der Waals surface area contributed by atoms with Crippen LogP contribution in [0, 0.1) is 0 Å². The molecular formula is C18H25N3O6. The van der Waals surface area contributed by atoms with E-state index in [1.165, 1.54) is 7.05 Å². The summed E-state index contributed by atoms with van der Waals surface area (Å²) in [4.78, 5) is 47.2. The first kappa shape index (κ1) is 21.9. The maximum absolute atomic E-state index is 12.2. The Bertz CT molecular complexity index is 669. The Kier molecular flexibility index (Phi) is 8.25. The van der Waals surface area contributed by atoms with Crippen LogP contribution in [0.3, 0.4) is 0 Å². The average molecular weight is 379 g/mol. The molecule has 27 heavy (non-hydrogen) atoms. The van der Waals surface area contributed by atoms with Crippen molar-refractivity contribution in [3.63, 3.8) is 0 Å². The van der Waals surface area contributed by atoms with E-state index in [0.717, 1.165) is 0 Å². The maximum Gasteiger partial charge on any atom is 0.407 e. The number of nitrogens with one attached hydrogen (secondary N) is 3. The molecule has 0 unspecified atom stereocenters. The first-order valence-electron chi connectivity index (χ1n) is 8.36. The van der Waals surface area contributed by atoms with E-state index in [0.29, 0.717) is 5.56 Å². The number of alkyl carbamates (subject to hydrolysis) is 1. The molecule has 1 atom stereocenters. The van der Waals surface area contributed by atoms with Gasteiger partial charge >= 0.3 is 18.1 Å². The van der Waals surface area contributed by atoms with E-state index in [4.69, 9.17) is 9.47 Å². The van der Waals surface area contributed by atoms with E-state index in [1.807, 2.05) is 0 Å². The molecule has 0 saturated carbocycles. The molecule has 0 bridgehead atoms. The Morgan fingerprint density at radius 2 is 1.70 bits per heavy atom. The fourth-order valence-corrected chi connectivity index (χ4v) is 1.91. The standard InChI is InChI=1S/C18H25N3O6/c1-18(2,3)27-17(25)20-11-10-13(22)26-14(12-8-6-5-7-9-12)15(23)21-16(24)19-4/h5-9,14H,10-11H2,1-4H3,(H,20,25)(H2,19,21,23,24)/t14-/m1/s1. The van der Waals surface area contributed by atoms with Gasteiger partial charge in [0.25, 0.3) is 5.91 Å². The van der Waals surface area contributed by atoms with Gasteiger partial charge in [0, 0.05) is 19.2 Å². The lowest BCUT2D eigenvalue weighted by atomic mass is 10.1. The lowest BCUT2D eigenvalue weighted by Gasteiger charge is -2.20. The zero-order chi connectivity index (χ0) is 20.4. The molecule has 0 aliphatic rings. The molecule has 3 N–H and O–H groups in total. The molecule has 1 rings (SSSR count). The van der Waals surface area contributed by atoms with Gasteiger partial charge in [0.15, 0.2) is 0 Å². The van der Waals surface area contributed by atoms with E-state index >= 15 is 0 Å². The third-order valence-corrected chi connectivity index (χ3v) is 3.05. The summed E-state index contributed by atoms with van der Waals surface area (Å²) >= 11 is 0. The van der Waals surface area contributed by atoms with Crippen molar-refractivity contribution in [2.24, 2.45) is 0 Å². The molecule has 4 amide bonds. The van der Waals surface area contributed by atoms with E-state index < -0.39 is 35.7 Å². The van der Waals surface area contributed by atoms with E-state index in [-0.39, 0.29) is 13.0 Å². The van der Waals surface area contributed by atoms with Crippen LogP contribution in [0.2, 0.25) is 0 Å². The Morgan fingerprint density at radius 3 is 2.26 bits per heavy atom. The van der Waals surface area contributed by atoms with E-state index in [9.17, 15) is 19.2 Å². The quantitative estimate of drug-likeness (QED) is 0.646. The van der Waals surface area contributed by atoms with Gasteiger partial charge in [0.05, 0.1) is 6.42 Å². The zero-order valence-corrected chi connectivity index (χ0v) is 15.8. The van der Waals surface area contributed by atoms with Crippen molar-refractivity contribution in [2.75, 3.05) is 13.6 Å². The molecule has 0 aromatic heterocycles. The summed E-state index contributed by atoms with van der Waals surface area (Å²) in [5.41, 5.74) is -0.242. The van der Waals surface area contributed by atoms with Gasteiger partial charge in [-0.25, -0.2) is 9.59 Å². The monoisotopic (exact) mass is 379 g/mol. The number of ether oxygens (including phenoxy) is 2. The lowest BCUT2D eigenvalue weighted by molar-refractivity contribution is -0.156. The predicted octanol–water partition coefficient (Wildman–Crippen LogP) is 1.64. The maximum atomic E-state index is 12.2. The number of benzene rings is 1. The van der Waals surface area contributed by atoms with Crippen LogP contribution in [0.15, 0.2) is 30.3 Å². The summed E-state index contributed by atoms with van der Waals surface area (Å²) in [6, 6.07) is 7.56. The normalized spacial score (nSPS) is 11.7. The Labute approximate surface area is 157 Å². The van der Waals surface area contributed by atoms with Crippen LogP contribution >= 0.6 is 0 Å². The Balaban J connectivity index is 2.64. The SMILES string of the molecule is CNC(=O)NC(=O)[C@H](OC(=O)CCNC(=O)OC(C)(C)C)c1ccccc1. The molecule has 0 radical (unpaired) electrons. The van der Waals surface area contributed by atoms with Crippen LogP contribution in [0.4, 0.5) is 9.59 Å². The molecule has 0 heterocycles. The fraction of sp³-hybridized carbons (Fsp3) is 0.444. The summed E-state index contributed by atoms with van der Waals surface area (Å²) in [6.45, 7) is 5.13. The fourth-order valence-electron chi connectivity index (χ4n) is 1.91. The lowest BCUT2D eigenvalue weighted by Crippen LogP contribution is -2.41. The van der Waals surface area contributed by atoms with Gasteiger partial charge < -0.3 is 20.1 Å². The number of rotatable bonds is 6. The highest BCUT2D eigenvalue weighted by atomic mass is 16.6. The number of urea groups is 1. The highest BCUT2D eigenvalue weighted by Crippen LogP contribution is 2.18. The molecule has 1 aromatic rings. The molecule has 0 aliphatic heterocycles. The topological polar surface area (TPSA) is 123 Å². The minimum absolute atomic E-state index is 0.0215. The van der Waals surface area contributed by atoms with Gasteiger partial charge in [-0.1, -0.05) is 30.3 Å². The van der Waals surface area contributed by atoms with Crippen molar-refractivity contribution in [1.82, 2.24) is 16.0 Å². The summed E-state index contributed by atoms with van der Waals surface area (Å²) in [5, 5.41) is 6.75. The van der Waals surface area contributed by atoms with Crippen LogP contribution in [0.25, 0.3) is 0 Å². The Hall–Kier alpha value is -3.10. The van der Waals surface area contributed by atoms with Gasteiger partial charge in [-0.15, -0.1) is 0 Å². The van der Waals surface area contributed by atoms with Crippen LogP contribution in [0.5, 0.6) is 0 Å². The van der Waals surface area contributed by atoms with Crippen molar-refractivity contribution in [1.29, 1.82) is 0 Å². The number of hydrogen-bond acceptors (Lipinski definition) is 6. The number of esters is 1. The number of carbonyl (C=O) groups is 4. The van der Waals surface area contributed by atoms with Crippen molar-refractivity contribution in [2.45, 2.75) is 38.9 Å². The summed E-state index contributed by atoms with van der Waals surface area (Å²) in [6.07, 6.45) is -2.12. The van der Waals surface area contributed by atoms with Gasteiger partial charge in [-0.2, -0.15) is 0 Å². The van der Waals surface area contributed by atoms with Crippen LogP contribution in [-0.4, -0.2) is 43.2 Å². The molecule has 0 fully saturated rings. The minimum Gasteiger partial charge on any atom is -0.447 e. The van der Waals surface area contributed by atoms with Gasteiger partial charge in [0.1, 0.15) is 5.60 Å². The van der Waals surface area contributed by atoms with Crippen LogP contribution < -0.4 is 16.0 Å². The zero-order valence-electron chi connectivity index (χ0n) is 15.8. The second-order valence-electron chi connectivity index (χ2n) is 6.53. The number of hydrogen-bond donors (Lipinski definition) is 3. The van der Waals surface area contributed by atoms with Gasteiger partial charge in [-0.05, 0) is 20.8 Å². The van der Waals surface area contributed by atoms with Crippen molar-refractivity contribution >= 4 is 24.0 Å². The second kappa shape index (κ2) is 10.1. The van der Waals surface area contributed by atoms with Gasteiger partial charge in [0.2, 0.25) is 6.10 Å². The average Bonchev–Trinajstić information content (AvgIpc) is 2.58. The molecule has 0 spiro atoms. The molecule has 148 valence electrons. The third kappa shape index (κ3) is 8.70. The number of carbonyl (C=O) groups excluding carboxylic acids is 4. The van der Waals surface area contributed by atoms with Crippen molar-refractivity contribution < 1.29 is 28.7 Å². The smallest absolute Gasteiger partial charge is 0.407 e. The molecule has 9 heteroatoms. The van der Waals surface area contributed by atoms with Crippen LogP contribution in [0.1, 0.15) is 38.9 Å². The second-order valence-corrected chi connectivity index (χ2v) is 6.53. The summed E-state index contributed by atoms with van der Waals surface area (Å²) < 4.78 is 10.3. The highest BCUT2D eigenvalue weighted by Gasteiger charge is 2.26. The van der Waals surface area contributed by atoms with E-state index in [2.05, 4.69) is 16.0 Å². The first-order valence-corrected chi connectivity index (χ1v) is 8.36. The van der Waals surface area contributed by atoms with Crippen molar-refractivity contribution in [3.8, 4) is 0 Å². The molecule has 0 saturated heterocycles. The first-order chi connectivity index (χ1) is 12.6. The largest absolute Gasteiger partial charge is 0.447 e.